The molecule has 1 aromatic carbocycles. The average Bonchev–Trinajstić information content (AvgIpc) is 2.83. The number of rotatable bonds is 6. The highest BCUT2D eigenvalue weighted by molar-refractivity contribution is 7.12. The smallest absolute Gasteiger partial charge is 0.127 e. The Hall–Kier alpha value is -1.52. The molecule has 114 valence electrons. The molecule has 0 bridgehead atoms. The maximum absolute atomic E-state index is 5.44. The molecule has 1 atom stereocenters. The predicted molar refractivity (Wildman–Crippen MR) is 88.6 cm³/mol. The molecule has 1 unspecified atom stereocenters. The molecule has 0 aliphatic rings. The topological polar surface area (TPSA) is 30.5 Å². The van der Waals surface area contributed by atoms with E-state index in [1.54, 1.807) is 14.2 Å². The van der Waals surface area contributed by atoms with Crippen molar-refractivity contribution in [3.05, 3.63) is 45.1 Å². The number of aryl methyl sites for hydroxylation is 2. The number of nitrogens with one attached hydrogen (secondary N) is 1. The van der Waals surface area contributed by atoms with Crippen molar-refractivity contribution in [2.24, 2.45) is 0 Å². The highest BCUT2D eigenvalue weighted by Crippen LogP contribution is 2.28. The van der Waals surface area contributed by atoms with E-state index in [1.165, 1.54) is 15.3 Å². The lowest BCUT2D eigenvalue weighted by molar-refractivity contribution is 0.389. The quantitative estimate of drug-likeness (QED) is 0.866. The summed E-state index contributed by atoms with van der Waals surface area (Å²) in [5, 5.41) is 3.57. The summed E-state index contributed by atoms with van der Waals surface area (Å²) in [6.45, 7) is 7.30. The lowest BCUT2D eigenvalue weighted by Crippen LogP contribution is -2.18. The highest BCUT2D eigenvalue weighted by Gasteiger charge is 2.12. The average molecular weight is 305 g/mol. The monoisotopic (exact) mass is 305 g/mol. The van der Waals surface area contributed by atoms with Crippen molar-refractivity contribution >= 4 is 11.3 Å². The van der Waals surface area contributed by atoms with E-state index >= 15 is 0 Å². The summed E-state index contributed by atoms with van der Waals surface area (Å²) in [7, 11) is 3.35. The summed E-state index contributed by atoms with van der Waals surface area (Å²) in [6.07, 6.45) is 0. The van der Waals surface area contributed by atoms with Gasteiger partial charge in [-0.05, 0) is 38.5 Å². The van der Waals surface area contributed by atoms with Crippen molar-refractivity contribution in [2.45, 2.75) is 33.4 Å². The summed E-state index contributed by atoms with van der Waals surface area (Å²) in [5.41, 5.74) is 2.51. The Kier molecular flexibility index (Phi) is 5.26. The maximum Gasteiger partial charge on any atom is 0.127 e. The molecule has 2 aromatic rings. The van der Waals surface area contributed by atoms with Gasteiger partial charge >= 0.3 is 0 Å². The molecule has 4 heteroatoms. The van der Waals surface area contributed by atoms with E-state index < -0.39 is 0 Å². The number of thiophene rings is 1. The van der Waals surface area contributed by atoms with Gasteiger partial charge in [-0.25, -0.2) is 0 Å². The first-order valence-electron chi connectivity index (χ1n) is 7.06. The van der Waals surface area contributed by atoms with Crippen molar-refractivity contribution in [2.75, 3.05) is 14.2 Å². The molecular weight excluding hydrogens is 282 g/mol. The van der Waals surface area contributed by atoms with Crippen molar-refractivity contribution in [1.29, 1.82) is 0 Å². The van der Waals surface area contributed by atoms with E-state index in [4.69, 9.17) is 9.47 Å². The minimum absolute atomic E-state index is 0.321. The van der Waals surface area contributed by atoms with Crippen molar-refractivity contribution in [3.8, 4) is 11.5 Å². The molecule has 0 spiro atoms. The third-order valence-corrected chi connectivity index (χ3v) is 4.62. The van der Waals surface area contributed by atoms with Gasteiger partial charge in [-0.1, -0.05) is 6.07 Å². The zero-order valence-electron chi connectivity index (χ0n) is 13.3. The summed E-state index contributed by atoms with van der Waals surface area (Å²) < 4.78 is 10.7. The minimum atomic E-state index is 0.321. The Morgan fingerprint density at radius 2 is 1.90 bits per heavy atom. The molecule has 0 radical (unpaired) electrons. The van der Waals surface area contributed by atoms with Gasteiger partial charge in [-0.3, -0.25) is 0 Å². The summed E-state index contributed by atoms with van der Waals surface area (Å²) in [6, 6.07) is 8.51. The standard InChI is InChI=1S/C17H23NO2S/c1-11-8-16(13(3)21-11)12(2)18-10-14-6-7-15(19-4)9-17(14)20-5/h6-9,12,18H,10H2,1-5H3. The van der Waals surface area contributed by atoms with Crippen LogP contribution in [-0.4, -0.2) is 14.2 Å². The van der Waals surface area contributed by atoms with Crippen LogP contribution in [0.15, 0.2) is 24.3 Å². The molecule has 2 rings (SSSR count). The van der Waals surface area contributed by atoms with Crippen LogP contribution in [0.1, 0.15) is 33.8 Å². The number of hydrogen-bond acceptors (Lipinski definition) is 4. The van der Waals surface area contributed by atoms with E-state index in [0.29, 0.717) is 6.04 Å². The summed E-state index contributed by atoms with van der Waals surface area (Å²) in [5.74, 6) is 1.67. The van der Waals surface area contributed by atoms with E-state index in [0.717, 1.165) is 23.6 Å². The van der Waals surface area contributed by atoms with Gasteiger partial charge in [0.1, 0.15) is 11.5 Å². The lowest BCUT2D eigenvalue weighted by Gasteiger charge is -2.16. The maximum atomic E-state index is 5.44. The van der Waals surface area contributed by atoms with Crippen LogP contribution in [0.2, 0.25) is 0 Å². The van der Waals surface area contributed by atoms with Gasteiger partial charge in [0.15, 0.2) is 0 Å². The lowest BCUT2D eigenvalue weighted by atomic mass is 10.1. The number of benzene rings is 1. The van der Waals surface area contributed by atoms with Gasteiger partial charge in [0.25, 0.3) is 0 Å². The Balaban J connectivity index is 2.07. The van der Waals surface area contributed by atoms with Gasteiger partial charge in [0, 0.05) is 34.0 Å². The van der Waals surface area contributed by atoms with Crippen LogP contribution >= 0.6 is 11.3 Å². The van der Waals surface area contributed by atoms with E-state index in [-0.39, 0.29) is 0 Å². The molecule has 0 amide bonds. The zero-order chi connectivity index (χ0) is 15.4. The second-order valence-electron chi connectivity index (χ2n) is 5.15. The molecule has 1 aromatic heterocycles. The third-order valence-electron chi connectivity index (χ3n) is 3.64. The largest absolute Gasteiger partial charge is 0.497 e. The Bertz CT molecular complexity index is 607. The molecule has 3 nitrogen and oxygen atoms in total. The number of hydrogen-bond donors (Lipinski definition) is 1. The zero-order valence-corrected chi connectivity index (χ0v) is 14.1. The number of methoxy groups -OCH3 is 2. The molecule has 0 aliphatic heterocycles. The first-order valence-corrected chi connectivity index (χ1v) is 7.88. The fourth-order valence-corrected chi connectivity index (χ4v) is 3.47. The Labute approximate surface area is 130 Å². The third kappa shape index (κ3) is 3.77. The van der Waals surface area contributed by atoms with E-state index in [2.05, 4.69) is 32.2 Å². The van der Waals surface area contributed by atoms with Gasteiger partial charge < -0.3 is 14.8 Å². The van der Waals surface area contributed by atoms with Crippen LogP contribution in [0.5, 0.6) is 11.5 Å². The molecule has 0 fully saturated rings. The molecule has 0 aliphatic carbocycles. The first-order chi connectivity index (χ1) is 10.0. The molecule has 0 saturated heterocycles. The summed E-state index contributed by atoms with van der Waals surface area (Å²) in [4.78, 5) is 2.74. The number of ether oxygens (including phenoxy) is 2. The molecule has 21 heavy (non-hydrogen) atoms. The Morgan fingerprint density at radius 3 is 2.48 bits per heavy atom. The van der Waals surface area contributed by atoms with Crippen LogP contribution in [0.4, 0.5) is 0 Å². The predicted octanol–water partition coefficient (Wildman–Crippen LogP) is 4.23. The van der Waals surface area contributed by atoms with Crippen LogP contribution in [0.25, 0.3) is 0 Å². The molecule has 1 heterocycles. The van der Waals surface area contributed by atoms with E-state index in [9.17, 15) is 0 Å². The fraction of sp³-hybridized carbons (Fsp3) is 0.412. The second kappa shape index (κ2) is 6.96. The van der Waals surface area contributed by atoms with Crippen LogP contribution < -0.4 is 14.8 Å². The van der Waals surface area contributed by atoms with Crippen LogP contribution in [-0.2, 0) is 6.54 Å². The normalized spacial score (nSPS) is 12.2. The van der Waals surface area contributed by atoms with Crippen molar-refractivity contribution < 1.29 is 9.47 Å². The first kappa shape index (κ1) is 15.9. The molecular formula is C17H23NO2S. The van der Waals surface area contributed by atoms with Gasteiger partial charge in [0.2, 0.25) is 0 Å². The van der Waals surface area contributed by atoms with Gasteiger partial charge in [0.05, 0.1) is 14.2 Å². The van der Waals surface area contributed by atoms with Crippen LogP contribution in [0, 0.1) is 13.8 Å². The fourth-order valence-electron chi connectivity index (χ4n) is 2.45. The van der Waals surface area contributed by atoms with Gasteiger partial charge in [-0.15, -0.1) is 11.3 Å². The van der Waals surface area contributed by atoms with E-state index in [1.807, 2.05) is 29.5 Å². The molecule has 1 N–H and O–H groups in total. The minimum Gasteiger partial charge on any atom is -0.497 e. The summed E-state index contributed by atoms with van der Waals surface area (Å²) >= 11 is 1.85. The highest BCUT2D eigenvalue weighted by atomic mass is 32.1. The van der Waals surface area contributed by atoms with Gasteiger partial charge in [-0.2, -0.15) is 0 Å². The molecule has 0 saturated carbocycles. The SMILES string of the molecule is COc1ccc(CNC(C)c2cc(C)sc2C)c(OC)c1. The van der Waals surface area contributed by atoms with Crippen molar-refractivity contribution in [1.82, 2.24) is 5.32 Å². The van der Waals surface area contributed by atoms with Crippen LogP contribution in [0.3, 0.4) is 0 Å². The Morgan fingerprint density at radius 1 is 1.14 bits per heavy atom. The second-order valence-corrected chi connectivity index (χ2v) is 6.61. The van der Waals surface area contributed by atoms with Crippen molar-refractivity contribution in [3.63, 3.8) is 0 Å².